The summed E-state index contributed by atoms with van der Waals surface area (Å²) in [6, 6.07) is 13.8. The largest absolute Gasteiger partial charge is 0.497 e. The van der Waals surface area contributed by atoms with Crippen molar-refractivity contribution in [1.82, 2.24) is 9.78 Å². The number of rotatable bonds is 7. The molecule has 0 bridgehead atoms. The molecule has 32 heavy (non-hydrogen) atoms. The Morgan fingerprint density at radius 3 is 2.62 bits per heavy atom. The lowest BCUT2D eigenvalue weighted by Crippen LogP contribution is -2.36. The van der Waals surface area contributed by atoms with Crippen LogP contribution in [0.1, 0.15) is 18.2 Å². The smallest absolute Gasteiger partial charge is 0.249 e. The lowest BCUT2D eigenvalue weighted by atomic mass is 10.0. The fourth-order valence-electron chi connectivity index (χ4n) is 3.75. The van der Waals surface area contributed by atoms with E-state index in [4.69, 9.17) is 14.2 Å². The standard InChI is InChI=1S/C23H24N4O5/c1-30-13-17-21(14-7-5-4-6-8-14)22-25-20(28)12-18(27(22)26-17)23(29)24-16-11-15(31-2)9-10-19(16)32-3/h4-11,18H,12-13H2,1-3H3,(H,24,29)(H,25,28)/t18-/m1/s1. The lowest BCUT2D eigenvalue weighted by molar-refractivity contribution is -0.125. The molecule has 0 fully saturated rings. The van der Waals surface area contributed by atoms with Gasteiger partial charge in [0.2, 0.25) is 11.8 Å². The number of methoxy groups -OCH3 is 3. The maximum absolute atomic E-state index is 13.3. The summed E-state index contributed by atoms with van der Waals surface area (Å²) in [5.74, 6) is 0.855. The van der Waals surface area contributed by atoms with Gasteiger partial charge in [-0.05, 0) is 17.7 Å². The molecule has 0 aliphatic carbocycles. The van der Waals surface area contributed by atoms with Crippen molar-refractivity contribution in [2.24, 2.45) is 0 Å². The molecule has 4 rings (SSSR count). The number of nitrogens with one attached hydrogen (secondary N) is 2. The van der Waals surface area contributed by atoms with Crippen molar-refractivity contribution in [3.8, 4) is 22.6 Å². The number of carbonyl (C=O) groups is 2. The van der Waals surface area contributed by atoms with E-state index in [2.05, 4.69) is 15.7 Å². The Morgan fingerprint density at radius 2 is 1.94 bits per heavy atom. The summed E-state index contributed by atoms with van der Waals surface area (Å²) in [4.78, 5) is 25.8. The SMILES string of the molecule is COCc1nn2c(c1-c1ccccc1)NC(=O)C[C@@H]2C(=O)Nc1cc(OC)ccc1OC. The van der Waals surface area contributed by atoms with Crippen LogP contribution >= 0.6 is 0 Å². The first-order valence-electron chi connectivity index (χ1n) is 10.0. The maximum atomic E-state index is 13.3. The Morgan fingerprint density at radius 1 is 1.16 bits per heavy atom. The van der Waals surface area contributed by atoms with Crippen molar-refractivity contribution in [1.29, 1.82) is 0 Å². The molecule has 1 aromatic heterocycles. The Labute approximate surface area is 185 Å². The average Bonchev–Trinajstić information content (AvgIpc) is 3.16. The number of fused-ring (bicyclic) bond motifs is 1. The summed E-state index contributed by atoms with van der Waals surface area (Å²) in [6.45, 7) is 0.234. The lowest BCUT2D eigenvalue weighted by Gasteiger charge is -2.25. The van der Waals surface area contributed by atoms with Crippen molar-refractivity contribution in [2.45, 2.75) is 19.1 Å². The zero-order valence-electron chi connectivity index (χ0n) is 18.0. The highest BCUT2D eigenvalue weighted by atomic mass is 16.5. The molecule has 0 spiro atoms. The number of hydrogen-bond acceptors (Lipinski definition) is 6. The Kier molecular flexibility index (Phi) is 6.09. The summed E-state index contributed by atoms with van der Waals surface area (Å²) in [5, 5.41) is 10.4. The highest BCUT2D eigenvalue weighted by Gasteiger charge is 2.35. The van der Waals surface area contributed by atoms with Gasteiger partial charge in [-0.3, -0.25) is 9.59 Å². The summed E-state index contributed by atoms with van der Waals surface area (Å²) in [5.41, 5.74) is 2.68. The molecule has 9 heteroatoms. The van der Waals surface area contributed by atoms with Crippen LogP contribution in [0.5, 0.6) is 11.5 Å². The van der Waals surface area contributed by atoms with Gasteiger partial charge < -0.3 is 24.8 Å². The van der Waals surface area contributed by atoms with Crippen LogP contribution in [0.15, 0.2) is 48.5 Å². The molecule has 1 aliphatic heterocycles. The van der Waals surface area contributed by atoms with Gasteiger partial charge in [-0.25, -0.2) is 4.68 Å². The molecule has 1 atom stereocenters. The van der Waals surface area contributed by atoms with Gasteiger partial charge in [-0.15, -0.1) is 0 Å². The van der Waals surface area contributed by atoms with Gasteiger partial charge in [0.25, 0.3) is 0 Å². The first-order valence-corrected chi connectivity index (χ1v) is 10.0. The number of aromatic nitrogens is 2. The number of nitrogens with zero attached hydrogens (tertiary/aromatic N) is 2. The highest BCUT2D eigenvalue weighted by molar-refractivity contribution is 6.04. The molecule has 2 aromatic carbocycles. The predicted molar refractivity (Wildman–Crippen MR) is 119 cm³/mol. The minimum atomic E-state index is -0.845. The van der Waals surface area contributed by atoms with Crippen LogP contribution in [0.3, 0.4) is 0 Å². The van der Waals surface area contributed by atoms with Crippen LogP contribution < -0.4 is 20.1 Å². The molecule has 1 aliphatic rings. The van der Waals surface area contributed by atoms with Gasteiger partial charge in [-0.1, -0.05) is 30.3 Å². The van der Waals surface area contributed by atoms with Crippen molar-refractivity contribution >= 4 is 23.3 Å². The minimum absolute atomic E-state index is 0.0482. The van der Waals surface area contributed by atoms with E-state index in [0.717, 1.165) is 11.1 Å². The summed E-state index contributed by atoms with van der Waals surface area (Å²) < 4.78 is 17.5. The molecule has 0 saturated carbocycles. The number of benzene rings is 2. The van der Waals surface area contributed by atoms with E-state index < -0.39 is 11.9 Å². The summed E-state index contributed by atoms with van der Waals surface area (Å²) in [6.07, 6.45) is -0.0482. The van der Waals surface area contributed by atoms with Crippen LogP contribution in [-0.4, -0.2) is 42.9 Å². The number of amides is 2. The molecule has 2 heterocycles. The third-order valence-electron chi connectivity index (χ3n) is 5.23. The first kappa shape index (κ1) is 21.4. The molecule has 0 radical (unpaired) electrons. The monoisotopic (exact) mass is 436 g/mol. The van der Waals surface area contributed by atoms with E-state index in [1.807, 2.05) is 30.3 Å². The van der Waals surface area contributed by atoms with Gasteiger partial charge in [0.05, 0.1) is 38.6 Å². The van der Waals surface area contributed by atoms with Crippen molar-refractivity contribution in [2.75, 3.05) is 32.0 Å². The molecule has 9 nitrogen and oxygen atoms in total. The number of anilines is 2. The zero-order chi connectivity index (χ0) is 22.7. The fourth-order valence-corrected chi connectivity index (χ4v) is 3.75. The number of carbonyl (C=O) groups excluding carboxylic acids is 2. The summed E-state index contributed by atoms with van der Waals surface area (Å²) >= 11 is 0. The second-order valence-corrected chi connectivity index (χ2v) is 7.24. The van der Waals surface area contributed by atoms with Crippen LogP contribution in [-0.2, 0) is 20.9 Å². The molecule has 2 N–H and O–H groups in total. The van der Waals surface area contributed by atoms with E-state index in [1.165, 1.54) is 14.2 Å². The zero-order valence-corrected chi connectivity index (χ0v) is 18.0. The molecule has 2 amide bonds. The quantitative estimate of drug-likeness (QED) is 0.589. The second kappa shape index (κ2) is 9.11. The summed E-state index contributed by atoms with van der Waals surface area (Å²) in [7, 11) is 4.63. The van der Waals surface area contributed by atoms with Gasteiger partial charge >= 0.3 is 0 Å². The average molecular weight is 436 g/mol. The van der Waals surface area contributed by atoms with Gasteiger partial charge in [0.1, 0.15) is 23.4 Å². The molecular weight excluding hydrogens is 412 g/mol. The van der Waals surface area contributed by atoms with E-state index in [9.17, 15) is 9.59 Å². The molecular formula is C23H24N4O5. The van der Waals surface area contributed by atoms with E-state index in [1.54, 1.807) is 30.0 Å². The highest BCUT2D eigenvalue weighted by Crippen LogP contribution is 2.38. The first-order chi connectivity index (χ1) is 15.5. The van der Waals surface area contributed by atoms with Crippen LogP contribution in [0.4, 0.5) is 11.5 Å². The topological polar surface area (TPSA) is 104 Å². The van der Waals surface area contributed by atoms with E-state index >= 15 is 0 Å². The fraction of sp³-hybridized carbons (Fsp3) is 0.261. The Balaban J connectivity index is 1.74. The minimum Gasteiger partial charge on any atom is -0.497 e. The van der Waals surface area contributed by atoms with E-state index in [-0.39, 0.29) is 18.9 Å². The van der Waals surface area contributed by atoms with Crippen LogP contribution in [0.25, 0.3) is 11.1 Å². The Bertz CT molecular complexity index is 1140. The van der Waals surface area contributed by atoms with Gasteiger partial charge in [0.15, 0.2) is 0 Å². The number of ether oxygens (including phenoxy) is 3. The predicted octanol–water partition coefficient (Wildman–Crippen LogP) is 3.24. The van der Waals surface area contributed by atoms with Crippen molar-refractivity contribution in [3.63, 3.8) is 0 Å². The van der Waals surface area contributed by atoms with Crippen molar-refractivity contribution < 1.29 is 23.8 Å². The molecule has 0 unspecified atom stereocenters. The molecule has 3 aromatic rings. The van der Waals surface area contributed by atoms with Crippen LogP contribution in [0, 0.1) is 0 Å². The van der Waals surface area contributed by atoms with Crippen molar-refractivity contribution in [3.05, 3.63) is 54.2 Å². The maximum Gasteiger partial charge on any atom is 0.249 e. The third-order valence-corrected chi connectivity index (χ3v) is 5.23. The number of hydrogen-bond donors (Lipinski definition) is 2. The van der Waals surface area contributed by atoms with Gasteiger partial charge in [-0.2, -0.15) is 5.10 Å². The normalized spacial score (nSPS) is 15.0. The van der Waals surface area contributed by atoms with Gasteiger partial charge in [0, 0.05) is 18.7 Å². The Hall–Kier alpha value is -3.85. The molecule has 0 saturated heterocycles. The second-order valence-electron chi connectivity index (χ2n) is 7.24. The molecule has 166 valence electrons. The van der Waals surface area contributed by atoms with E-state index in [0.29, 0.717) is 28.7 Å². The third kappa shape index (κ3) is 4.02. The van der Waals surface area contributed by atoms with Crippen LogP contribution in [0.2, 0.25) is 0 Å².